The molecule has 0 bridgehead atoms. The lowest BCUT2D eigenvalue weighted by Crippen LogP contribution is -1.91. The molecule has 0 aliphatic rings. The fourth-order valence-electron chi connectivity index (χ4n) is 1.15. The van der Waals surface area contributed by atoms with Gasteiger partial charge < -0.3 is 9.47 Å². The molecule has 0 atom stereocenters. The van der Waals surface area contributed by atoms with Gasteiger partial charge in [-0.1, -0.05) is 22.0 Å². The number of methoxy groups -OCH3 is 2. The van der Waals surface area contributed by atoms with Crippen LogP contribution < -0.4 is 9.47 Å². The van der Waals surface area contributed by atoms with Crippen LogP contribution in [0.3, 0.4) is 0 Å². The summed E-state index contributed by atoms with van der Waals surface area (Å²) in [6.07, 6.45) is 1.99. The van der Waals surface area contributed by atoms with Gasteiger partial charge in [0, 0.05) is 4.48 Å². The zero-order chi connectivity index (χ0) is 10.6. The molecule has 14 heavy (non-hydrogen) atoms. The van der Waals surface area contributed by atoms with E-state index in [2.05, 4.69) is 15.9 Å². The van der Waals surface area contributed by atoms with Crippen molar-refractivity contribution in [2.24, 2.45) is 0 Å². The lowest BCUT2D eigenvalue weighted by atomic mass is 10.2. The Morgan fingerprint density at radius 2 is 1.86 bits per heavy atom. The Bertz CT molecular complexity index is 345. The molecule has 0 fully saturated rings. The van der Waals surface area contributed by atoms with E-state index in [1.807, 2.05) is 31.2 Å². The summed E-state index contributed by atoms with van der Waals surface area (Å²) in [5.41, 5.74) is 1.07. The van der Waals surface area contributed by atoms with Gasteiger partial charge >= 0.3 is 0 Å². The highest BCUT2D eigenvalue weighted by atomic mass is 79.9. The molecule has 0 saturated carbocycles. The van der Waals surface area contributed by atoms with Gasteiger partial charge in [0.05, 0.1) is 14.2 Å². The molecule has 0 saturated heterocycles. The van der Waals surface area contributed by atoms with Crippen LogP contribution in [0, 0.1) is 0 Å². The third kappa shape index (κ3) is 2.29. The molecule has 0 spiro atoms. The van der Waals surface area contributed by atoms with E-state index in [0.717, 1.165) is 21.5 Å². The lowest BCUT2D eigenvalue weighted by molar-refractivity contribution is 0.355. The molecule has 0 N–H and O–H groups in total. The minimum absolute atomic E-state index is 0.740. The first-order chi connectivity index (χ1) is 6.72. The van der Waals surface area contributed by atoms with Crippen LogP contribution in [0.25, 0.3) is 4.48 Å². The van der Waals surface area contributed by atoms with Crippen LogP contribution >= 0.6 is 15.9 Å². The number of halogens is 1. The van der Waals surface area contributed by atoms with Crippen molar-refractivity contribution in [1.29, 1.82) is 0 Å². The summed E-state index contributed by atoms with van der Waals surface area (Å²) in [5.74, 6) is 1.48. The topological polar surface area (TPSA) is 18.5 Å². The van der Waals surface area contributed by atoms with Gasteiger partial charge in [-0.2, -0.15) is 0 Å². The molecule has 1 rings (SSSR count). The number of benzene rings is 1. The Kier molecular flexibility index (Phi) is 4.01. The monoisotopic (exact) mass is 256 g/mol. The van der Waals surface area contributed by atoms with Gasteiger partial charge in [-0.15, -0.1) is 0 Å². The lowest BCUT2D eigenvalue weighted by Gasteiger charge is -2.08. The Balaban J connectivity index is 3.14. The first-order valence-corrected chi connectivity index (χ1v) is 5.06. The van der Waals surface area contributed by atoms with Crippen LogP contribution in [-0.2, 0) is 0 Å². The molecular formula is C11H13BrO2. The van der Waals surface area contributed by atoms with Gasteiger partial charge in [-0.05, 0) is 30.7 Å². The molecule has 76 valence electrons. The van der Waals surface area contributed by atoms with Crippen molar-refractivity contribution in [3.63, 3.8) is 0 Å². The minimum Gasteiger partial charge on any atom is -0.493 e. The van der Waals surface area contributed by atoms with E-state index in [4.69, 9.17) is 9.47 Å². The first kappa shape index (κ1) is 11.1. The molecule has 1 aromatic rings. The van der Waals surface area contributed by atoms with Crippen molar-refractivity contribution in [3.8, 4) is 11.5 Å². The predicted octanol–water partition coefficient (Wildman–Crippen LogP) is 3.46. The minimum atomic E-state index is 0.740. The molecule has 3 heteroatoms. The van der Waals surface area contributed by atoms with Crippen molar-refractivity contribution in [3.05, 3.63) is 29.8 Å². The number of hydrogen-bond acceptors (Lipinski definition) is 2. The number of hydrogen-bond donors (Lipinski definition) is 0. The second-order valence-electron chi connectivity index (χ2n) is 2.71. The summed E-state index contributed by atoms with van der Waals surface area (Å²) >= 11 is 3.46. The summed E-state index contributed by atoms with van der Waals surface area (Å²) in [4.78, 5) is 0. The summed E-state index contributed by atoms with van der Waals surface area (Å²) < 4.78 is 11.4. The fourth-order valence-corrected chi connectivity index (χ4v) is 1.40. The second-order valence-corrected chi connectivity index (χ2v) is 3.56. The number of allylic oxidation sites excluding steroid dienone is 1. The smallest absolute Gasteiger partial charge is 0.161 e. The van der Waals surface area contributed by atoms with Crippen molar-refractivity contribution in [1.82, 2.24) is 0 Å². The van der Waals surface area contributed by atoms with Crippen LogP contribution in [0.15, 0.2) is 24.3 Å². The van der Waals surface area contributed by atoms with E-state index in [1.165, 1.54) is 0 Å². The number of ether oxygens (including phenoxy) is 2. The number of rotatable bonds is 3. The van der Waals surface area contributed by atoms with Crippen LogP contribution in [-0.4, -0.2) is 14.2 Å². The Morgan fingerprint density at radius 1 is 1.21 bits per heavy atom. The maximum absolute atomic E-state index is 5.20. The Labute approximate surface area is 92.7 Å². The van der Waals surface area contributed by atoms with Crippen LogP contribution in [0.2, 0.25) is 0 Å². The third-order valence-corrected chi connectivity index (χ3v) is 2.83. The maximum Gasteiger partial charge on any atom is 0.161 e. The summed E-state index contributed by atoms with van der Waals surface area (Å²) in [5, 5.41) is 0. The molecule has 0 aliphatic carbocycles. The Morgan fingerprint density at radius 3 is 2.36 bits per heavy atom. The van der Waals surface area contributed by atoms with Gasteiger partial charge in [0.15, 0.2) is 11.5 Å². The zero-order valence-corrected chi connectivity index (χ0v) is 10.1. The van der Waals surface area contributed by atoms with Gasteiger partial charge in [-0.25, -0.2) is 0 Å². The molecule has 0 aliphatic heterocycles. The Hall–Kier alpha value is -0.960. The summed E-state index contributed by atoms with van der Waals surface area (Å²) in [7, 11) is 3.26. The largest absolute Gasteiger partial charge is 0.493 e. The van der Waals surface area contributed by atoms with Crippen molar-refractivity contribution < 1.29 is 9.47 Å². The van der Waals surface area contributed by atoms with E-state index in [1.54, 1.807) is 14.2 Å². The summed E-state index contributed by atoms with van der Waals surface area (Å²) in [6.45, 7) is 1.97. The van der Waals surface area contributed by atoms with E-state index in [-0.39, 0.29) is 0 Å². The molecule has 2 nitrogen and oxygen atoms in total. The quantitative estimate of drug-likeness (QED) is 0.825. The SMILES string of the molecule is C/C=C(/Br)c1ccc(OC)c(OC)c1. The van der Waals surface area contributed by atoms with Crippen LogP contribution in [0.5, 0.6) is 11.5 Å². The second kappa shape index (κ2) is 5.05. The molecule has 1 aromatic carbocycles. The highest BCUT2D eigenvalue weighted by molar-refractivity contribution is 9.15. The highest BCUT2D eigenvalue weighted by Crippen LogP contribution is 2.31. The third-order valence-electron chi connectivity index (χ3n) is 1.91. The van der Waals surface area contributed by atoms with E-state index >= 15 is 0 Å². The molecule has 0 unspecified atom stereocenters. The van der Waals surface area contributed by atoms with E-state index < -0.39 is 0 Å². The molecular weight excluding hydrogens is 244 g/mol. The van der Waals surface area contributed by atoms with Crippen molar-refractivity contribution in [2.45, 2.75) is 6.92 Å². The zero-order valence-electron chi connectivity index (χ0n) is 8.50. The normalized spacial score (nSPS) is 11.3. The maximum atomic E-state index is 5.20. The van der Waals surface area contributed by atoms with Crippen LogP contribution in [0.1, 0.15) is 12.5 Å². The molecule has 0 aromatic heterocycles. The van der Waals surface area contributed by atoms with Gasteiger partial charge in [-0.3, -0.25) is 0 Å². The molecule has 0 radical (unpaired) electrons. The molecule has 0 amide bonds. The van der Waals surface area contributed by atoms with E-state index in [9.17, 15) is 0 Å². The standard InChI is InChI=1S/C11H13BrO2/c1-4-9(12)8-5-6-10(13-2)11(7-8)14-3/h4-7H,1-3H3/b9-4+. The summed E-state index contributed by atoms with van der Waals surface area (Å²) in [6, 6.07) is 5.80. The van der Waals surface area contributed by atoms with Crippen LogP contribution in [0.4, 0.5) is 0 Å². The van der Waals surface area contributed by atoms with Gasteiger partial charge in [0.25, 0.3) is 0 Å². The average Bonchev–Trinajstić information content (AvgIpc) is 2.26. The van der Waals surface area contributed by atoms with Gasteiger partial charge in [0.1, 0.15) is 0 Å². The first-order valence-electron chi connectivity index (χ1n) is 4.27. The van der Waals surface area contributed by atoms with Crippen molar-refractivity contribution in [2.75, 3.05) is 14.2 Å². The predicted molar refractivity (Wildman–Crippen MR) is 62.1 cm³/mol. The van der Waals surface area contributed by atoms with E-state index in [0.29, 0.717) is 0 Å². The highest BCUT2D eigenvalue weighted by Gasteiger charge is 2.05. The average molecular weight is 257 g/mol. The fraction of sp³-hybridized carbons (Fsp3) is 0.273. The van der Waals surface area contributed by atoms with Gasteiger partial charge in [0.2, 0.25) is 0 Å². The molecule has 0 heterocycles. The van der Waals surface area contributed by atoms with Crippen molar-refractivity contribution >= 4 is 20.4 Å².